The van der Waals surface area contributed by atoms with Gasteiger partial charge in [-0.25, -0.2) is 4.39 Å². The van der Waals surface area contributed by atoms with Crippen LogP contribution in [0.1, 0.15) is 58.8 Å². The summed E-state index contributed by atoms with van der Waals surface area (Å²) in [7, 11) is 0. The summed E-state index contributed by atoms with van der Waals surface area (Å²) in [6.45, 7) is 3.07. The van der Waals surface area contributed by atoms with Gasteiger partial charge in [-0.3, -0.25) is 4.79 Å². The molecule has 0 aliphatic heterocycles. The Labute approximate surface area is 154 Å². The number of Topliss-reactive ketones (excluding diaryl/α,β-unsaturated/α-hetero) is 1. The van der Waals surface area contributed by atoms with Crippen LogP contribution < -0.4 is 0 Å². The van der Waals surface area contributed by atoms with Crippen LogP contribution in [-0.2, 0) is 4.79 Å². The fourth-order valence-electron chi connectivity index (χ4n) is 7.27. The molecule has 26 heavy (non-hydrogen) atoms. The molecular formula is C21H31FO4. The zero-order chi connectivity index (χ0) is 18.9. The largest absolute Gasteiger partial charge is 0.390 e. The van der Waals surface area contributed by atoms with Crippen LogP contribution in [-0.4, -0.2) is 45.1 Å². The summed E-state index contributed by atoms with van der Waals surface area (Å²) >= 11 is 0. The molecule has 0 amide bonds. The van der Waals surface area contributed by atoms with E-state index in [4.69, 9.17) is 0 Å². The first-order valence-corrected chi connectivity index (χ1v) is 10.1. The smallest absolute Gasteiger partial charge is 0.190 e. The van der Waals surface area contributed by atoms with Crippen molar-refractivity contribution in [2.45, 2.75) is 76.2 Å². The van der Waals surface area contributed by atoms with E-state index in [2.05, 4.69) is 6.08 Å². The molecule has 0 radical (unpaired) electrons. The molecule has 4 aliphatic carbocycles. The number of hydrogen-bond donors (Lipinski definition) is 3. The molecule has 0 aromatic rings. The molecule has 3 fully saturated rings. The summed E-state index contributed by atoms with van der Waals surface area (Å²) in [5, 5.41) is 31.5. The minimum atomic E-state index is -1.70. The van der Waals surface area contributed by atoms with Crippen molar-refractivity contribution in [1.82, 2.24) is 0 Å². The van der Waals surface area contributed by atoms with E-state index in [0.717, 1.165) is 31.3 Å². The van der Waals surface area contributed by atoms with Gasteiger partial charge >= 0.3 is 0 Å². The molecule has 4 aliphatic rings. The van der Waals surface area contributed by atoms with E-state index in [-0.39, 0.29) is 24.2 Å². The van der Waals surface area contributed by atoms with Crippen LogP contribution in [0.3, 0.4) is 0 Å². The average molecular weight is 366 g/mol. The third-order valence-electron chi connectivity index (χ3n) is 8.62. The Morgan fingerprint density at radius 2 is 2.08 bits per heavy atom. The van der Waals surface area contributed by atoms with Gasteiger partial charge in [0.25, 0.3) is 0 Å². The Balaban J connectivity index is 1.77. The van der Waals surface area contributed by atoms with Gasteiger partial charge in [-0.05, 0) is 62.7 Å². The van der Waals surface area contributed by atoms with E-state index in [0.29, 0.717) is 12.8 Å². The van der Waals surface area contributed by atoms with Crippen molar-refractivity contribution in [3.05, 3.63) is 11.6 Å². The number of carbonyl (C=O) groups excluding carboxylic acids is 1. The molecule has 3 saturated carbocycles. The monoisotopic (exact) mass is 366 g/mol. The normalized spacial score (nSPS) is 53.3. The number of carbonyl (C=O) groups is 1. The van der Waals surface area contributed by atoms with Crippen molar-refractivity contribution in [3.8, 4) is 0 Å². The minimum Gasteiger partial charge on any atom is -0.390 e. The Hall–Kier alpha value is -0.780. The number of ketones is 1. The van der Waals surface area contributed by atoms with Crippen molar-refractivity contribution >= 4 is 5.78 Å². The molecule has 5 heteroatoms. The second-order valence-corrected chi connectivity index (χ2v) is 9.43. The first-order chi connectivity index (χ1) is 12.2. The van der Waals surface area contributed by atoms with Crippen molar-refractivity contribution in [1.29, 1.82) is 0 Å². The van der Waals surface area contributed by atoms with Gasteiger partial charge in [0.1, 0.15) is 17.9 Å². The van der Waals surface area contributed by atoms with Gasteiger partial charge in [0.2, 0.25) is 0 Å². The van der Waals surface area contributed by atoms with Crippen LogP contribution in [0.5, 0.6) is 0 Å². The van der Waals surface area contributed by atoms with Crippen LogP contribution >= 0.6 is 0 Å². The van der Waals surface area contributed by atoms with E-state index < -0.39 is 41.1 Å². The maximum atomic E-state index is 16.7. The second kappa shape index (κ2) is 5.86. The number of alkyl halides is 1. The van der Waals surface area contributed by atoms with Gasteiger partial charge < -0.3 is 15.3 Å². The molecular weight excluding hydrogens is 335 g/mol. The summed E-state index contributed by atoms with van der Waals surface area (Å²) < 4.78 is 16.7. The summed E-state index contributed by atoms with van der Waals surface area (Å²) in [6.07, 6.45) is 5.80. The standard InChI is InChI=1S/C21H31FO4/c1-12-9-14-15-7-6-13-5-3-4-8-19(13,2)21(15,22)17(24)10-16(14)20(12,26)18(25)11-23/h5,12,14-17,23-24,26H,3-4,6-11H2,1-2H3/t12-,14+,15+,16?,17+,19+,20-,21+/m1/s1. The molecule has 0 spiro atoms. The lowest BCUT2D eigenvalue weighted by atomic mass is 9.47. The summed E-state index contributed by atoms with van der Waals surface area (Å²) in [5.41, 5.74) is -2.85. The summed E-state index contributed by atoms with van der Waals surface area (Å²) in [5.74, 6) is -1.86. The molecule has 0 aromatic heterocycles. The second-order valence-electron chi connectivity index (χ2n) is 9.43. The van der Waals surface area contributed by atoms with E-state index in [1.165, 1.54) is 0 Å². The van der Waals surface area contributed by atoms with E-state index in [1.807, 2.05) is 13.8 Å². The van der Waals surface area contributed by atoms with Gasteiger partial charge in [-0.1, -0.05) is 25.5 Å². The molecule has 4 nitrogen and oxygen atoms in total. The molecule has 0 aromatic carbocycles. The number of fused-ring (bicyclic) bond motifs is 5. The highest BCUT2D eigenvalue weighted by Gasteiger charge is 2.71. The number of hydrogen-bond acceptors (Lipinski definition) is 4. The number of aliphatic hydroxyl groups is 3. The molecule has 146 valence electrons. The predicted molar refractivity (Wildman–Crippen MR) is 95.0 cm³/mol. The van der Waals surface area contributed by atoms with Crippen molar-refractivity contribution in [2.24, 2.45) is 29.1 Å². The highest BCUT2D eigenvalue weighted by molar-refractivity contribution is 5.89. The highest BCUT2D eigenvalue weighted by Crippen LogP contribution is 2.67. The zero-order valence-electron chi connectivity index (χ0n) is 15.7. The van der Waals surface area contributed by atoms with E-state index in [1.54, 1.807) is 0 Å². The van der Waals surface area contributed by atoms with E-state index >= 15 is 4.39 Å². The number of rotatable bonds is 2. The lowest BCUT2D eigenvalue weighted by Gasteiger charge is -2.61. The number of halogens is 1. The lowest BCUT2D eigenvalue weighted by Crippen LogP contribution is -2.66. The SMILES string of the molecule is C[C@@H]1C[C@@H]2C(C[C@H](O)[C@@]3(F)[C@H]2CCC2=CCCC[C@@]23C)[C@@]1(O)C(=O)CO. The Kier molecular flexibility index (Phi) is 4.18. The van der Waals surface area contributed by atoms with Gasteiger partial charge in [-0.2, -0.15) is 0 Å². The fourth-order valence-corrected chi connectivity index (χ4v) is 7.27. The van der Waals surface area contributed by atoms with Crippen molar-refractivity contribution in [2.75, 3.05) is 6.61 Å². The number of aliphatic hydroxyl groups excluding tert-OH is 2. The molecule has 0 heterocycles. The minimum absolute atomic E-state index is 0.0904. The fraction of sp³-hybridized carbons (Fsp3) is 0.857. The van der Waals surface area contributed by atoms with Gasteiger partial charge in [-0.15, -0.1) is 0 Å². The molecule has 1 unspecified atom stereocenters. The first kappa shape index (κ1) is 18.6. The predicted octanol–water partition coefficient (Wildman–Crippen LogP) is 2.55. The van der Waals surface area contributed by atoms with Gasteiger partial charge in [0, 0.05) is 11.3 Å². The first-order valence-electron chi connectivity index (χ1n) is 10.1. The van der Waals surface area contributed by atoms with E-state index in [9.17, 15) is 20.1 Å². The number of allylic oxidation sites excluding steroid dienone is 2. The third-order valence-corrected chi connectivity index (χ3v) is 8.62. The van der Waals surface area contributed by atoms with Crippen LogP contribution in [0.2, 0.25) is 0 Å². The third kappa shape index (κ3) is 2.03. The van der Waals surface area contributed by atoms with Crippen LogP contribution in [0, 0.1) is 29.1 Å². The molecule has 0 bridgehead atoms. The average Bonchev–Trinajstić information content (AvgIpc) is 2.87. The Morgan fingerprint density at radius 1 is 1.35 bits per heavy atom. The maximum Gasteiger partial charge on any atom is 0.190 e. The van der Waals surface area contributed by atoms with Crippen LogP contribution in [0.15, 0.2) is 11.6 Å². The summed E-state index contributed by atoms with van der Waals surface area (Å²) in [6, 6.07) is 0. The lowest BCUT2D eigenvalue weighted by molar-refractivity contribution is -0.202. The molecule has 3 N–H and O–H groups in total. The Morgan fingerprint density at radius 3 is 2.77 bits per heavy atom. The highest BCUT2D eigenvalue weighted by atomic mass is 19.1. The van der Waals surface area contributed by atoms with Gasteiger partial charge in [0.05, 0.1) is 6.10 Å². The zero-order valence-corrected chi connectivity index (χ0v) is 15.7. The molecule has 4 rings (SSSR count). The summed E-state index contributed by atoms with van der Waals surface area (Å²) in [4.78, 5) is 12.4. The van der Waals surface area contributed by atoms with Crippen molar-refractivity contribution < 1.29 is 24.5 Å². The molecule has 0 saturated heterocycles. The van der Waals surface area contributed by atoms with Crippen molar-refractivity contribution in [3.63, 3.8) is 0 Å². The Bertz CT molecular complexity index is 648. The van der Waals surface area contributed by atoms with Crippen LogP contribution in [0.25, 0.3) is 0 Å². The topological polar surface area (TPSA) is 77.8 Å². The van der Waals surface area contributed by atoms with Gasteiger partial charge in [0.15, 0.2) is 5.78 Å². The molecule has 8 atom stereocenters. The maximum absolute atomic E-state index is 16.7. The quantitative estimate of drug-likeness (QED) is 0.657. The van der Waals surface area contributed by atoms with Crippen LogP contribution in [0.4, 0.5) is 4.39 Å².